The number of rotatable bonds is 7. The zero-order valence-electron chi connectivity index (χ0n) is 11.4. The largest absolute Gasteiger partial charge is 0.294 e. The zero-order valence-corrected chi connectivity index (χ0v) is 11.4. The van der Waals surface area contributed by atoms with E-state index in [9.17, 15) is 4.79 Å². The molecule has 0 spiro atoms. The van der Waals surface area contributed by atoms with Crippen LogP contribution in [0.5, 0.6) is 0 Å². The molecule has 0 aromatic heterocycles. The van der Waals surface area contributed by atoms with Gasteiger partial charge in [-0.15, -0.1) is 0 Å². The van der Waals surface area contributed by atoms with Crippen LogP contribution in [0, 0.1) is 13.8 Å². The summed E-state index contributed by atoms with van der Waals surface area (Å²) >= 11 is 0. The summed E-state index contributed by atoms with van der Waals surface area (Å²) in [6, 6.07) is 6.08. The van der Waals surface area contributed by atoms with Crippen molar-refractivity contribution in [2.75, 3.05) is 0 Å². The molecule has 0 N–H and O–H groups in total. The van der Waals surface area contributed by atoms with E-state index in [0.717, 1.165) is 17.5 Å². The Hall–Kier alpha value is -1.11. The quantitative estimate of drug-likeness (QED) is 0.485. The van der Waals surface area contributed by atoms with Crippen LogP contribution in [0.2, 0.25) is 0 Å². The van der Waals surface area contributed by atoms with E-state index < -0.39 is 0 Å². The molecule has 0 aliphatic rings. The van der Waals surface area contributed by atoms with Crippen LogP contribution >= 0.6 is 0 Å². The van der Waals surface area contributed by atoms with Crippen molar-refractivity contribution in [3.8, 4) is 0 Å². The van der Waals surface area contributed by atoms with Gasteiger partial charge in [0, 0.05) is 12.0 Å². The molecule has 0 radical (unpaired) electrons. The summed E-state index contributed by atoms with van der Waals surface area (Å²) in [4.78, 5) is 12.0. The molecule has 0 amide bonds. The molecule has 0 atom stereocenters. The summed E-state index contributed by atoms with van der Waals surface area (Å²) in [5.74, 6) is 0.305. The first-order chi connectivity index (χ1) is 8.15. The fourth-order valence-electron chi connectivity index (χ4n) is 2.15. The molecular formula is C16H24O. The van der Waals surface area contributed by atoms with Crippen molar-refractivity contribution in [3.63, 3.8) is 0 Å². The maximum atomic E-state index is 12.0. The van der Waals surface area contributed by atoms with Crippen LogP contribution < -0.4 is 0 Å². The second-order valence-corrected chi connectivity index (χ2v) is 4.91. The number of Topliss-reactive ketones (excluding diaryl/α,β-unsaturated/α-hetero) is 1. The highest BCUT2D eigenvalue weighted by molar-refractivity contribution is 5.97. The van der Waals surface area contributed by atoms with E-state index in [4.69, 9.17) is 0 Å². The van der Waals surface area contributed by atoms with Gasteiger partial charge in [0.25, 0.3) is 0 Å². The molecule has 94 valence electrons. The molecule has 0 saturated heterocycles. The smallest absolute Gasteiger partial charge is 0.163 e. The maximum Gasteiger partial charge on any atom is 0.163 e. The number of ketones is 1. The van der Waals surface area contributed by atoms with Crippen LogP contribution in [0.25, 0.3) is 0 Å². The Morgan fingerprint density at radius 3 is 2.41 bits per heavy atom. The SMILES string of the molecule is CCCCCCCC(=O)c1ccc(C)cc1C. The van der Waals surface area contributed by atoms with Crippen molar-refractivity contribution >= 4 is 5.78 Å². The van der Waals surface area contributed by atoms with E-state index in [-0.39, 0.29) is 0 Å². The van der Waals surface area contributed by atoms with Crippen molar-refractivity contribution in [2.24, 2.45) is 0 Å². The second-order valence-electron chi connectivity index (χ2n) is 4.91. The average molecular weight is 232 g/mol. The van der Waals surface area contributed by atoms with Gasteiger partial charge in [-0.2, -0.15) is 0 Å². The summed E-state index contributed by atoms with van der Waals surface area (Å²) < 4.78 is 0. The molecule has 0 aliphatic heterocycles. The zero-order chi connectivity index (χ0) is 12.7. The fourth-order valence-corrected chi connectivity index (χ4v) is 2.15. The van der Waals surface area contributed by atoms with E-state index in [2.05, 4.69) is 19.9 Å². The van der Waals surface area contributed by atoms with Gasteiger partial charge in [0.1, 0.15) is 0 Å². The third kappa shape index (κ3) is 4.72. The Bertz CT molecular complexity index is 366. The van der Waals surface area contributed by atoms with Crippen LogP contribution in [-0.4, -0.2) is 5.78 Å². The van der Waals surface area contributed by atoms with Crippen LogP contribution in [0.1, 0.15) is 66.9 Å². The number of hydrogen-bond donors (Lipinski definition) is 0. The first-order valence-electron chi connectivity index (χ1n) is 6.75. The van der Waals surface area contributed by atoms with E-state index >= 15 is 0 Å². The topological polar surface area (TPSA) is 17.1 Å². The van der Waals surface area contributed by atoms with Crippen molar-refractivity contribution in [1.29, 1.82) is 0 Å². The molecule has 0 bridgehead atoms. The highest BCUT2D eigenvalue weighted by Gasteiger charge is 2.08. The minimum Gasteiger partial charge on any atom is -0.294 e. The summed E-state index contributed by atoms with van der Waals surface area (Å²) in [5.41, 5.74) is 3.25. The van der Waals surface area contributed by atoms with Gasteiger partial charge in [0.2, 0.25) is 0 Å². The van der Waals surface area contributed by atoms with Gasteiger partial charge < -0.3 is 0 Å². The van der Waals surface area contributed by atoms with Gasteiger partial charge in [-0.3, -0.25) is 4.79 Å². The number of unbranched alkanes of at least 4 members (excludes halogenated alkanes) is 4. The number of aryl methyl sites for hydroxylation is 2. The van der Waals surface area contributed by atoms with Crippen LogP contribution in [0.3, 0.4) is 0 Å². The monoisotopic (exact) mass is 232 g/mol. The standard InChI is InChI=1S/C16H24O/c1-4-5-6-7-8-9-16(17)15-11-10-13(2)12-14(15)3/h10-12H,4-9H2,1-3H3. The Labute approximate surface area is 105 Å². The predicted octanol–water partition coefficient (Wildman–Crippen LogP) is 4.85. The molecular weight excluding hydrogens is 208 g/mol. The van der Waals surface area contributed by atoms with Gasteiger partial charge >= 0.3 is 0 Å². The van der Waals surface area contributed by atoms with E-state index in [1.807, 2.05) is 19.1 Å². The Morgan fingerprint density at radius 1 is 1.06 bits per heavy atom. The summed E-state index contributed by atoms with van der Waals surface area (Å²) in [6.07, 6.45) is 6.73. The normalized spacial score (nSPS) is 10.5. The lowest BCUT2D eigenvalue weighted by Crippen LogP contribution is -2.01. The van der Waals surface area contributed by atoms with Crippen LogP contribution in [-0.2, 0) is 0 Å². The van der Waals surface area contributed by atoms with E-state index in [1.165, 1.54) is 31.2 Å². The second kappa shape index (κ2) is 7.26. The van der Waals surface area contributed by atoms with Crippen molar-refractivity contribution in [2.45, 2.75) is 59.3 Å². The predicted molar refractivity (Wildman–Crippen MR) is 73.6 cm³/mol. The van der Waals surface area contributed by atoms with Gasteiger partial charge in [-0.25, -0.2) is 0 Å². The van der Waals surface area contributed by atoms with Crippen molar-refractivity contribution in [3.05, 3.63) is 34.9 Å². The fraction of sp³-hybridized carbons (Fsp3) is 0.562. The lowest BCUT2D eigenvalue weighted by molar-refractivity contribution is 0.0978. The molecule has 1 rings (SSSR count). The van der Waals surface area contributed by atoms with Gasteiger partial charge in [0.15, 0.2) is 5.78 Å². The Balaban J connectivity index is 2.42. The molecule has 0 saturated carbocycles. The van der Waals surface area contributed by atoms with Crippen molar-refractivity contribution < 1.29 is 4.79 Å². The highest BCUT2D eigenvalue weighted by atomic mass is 16.1. The molecule has 1 heteroatoms. The molecule has 1 aromatic carbocycles. The summed E-state index contributed by atoms with van der Waals surface area (Å²) in [5, 5.41) is 0. The number of hydrogen-bond acceptors (Lipinski definition) is 1. The minimum atomic E-state index is 0.305. The molecule has 1 aromatic rings. The minimum absolute atomic E-state index is 0.305. The molecule has 0 heterocycles. The molecule has 17 heavy (non-hydrogen) atoms. The number of benzene rings is 1. The summed E-state index contributed by atoms with van der Waals surface area (Å²) in [6.45, 7) is 6.30. The van der Waals surface area contributed by atoms with Gasteiger partial charge in [-0.05, 0) is 25.8 Å². The lowest BCUT2D eigenvalue weighted by atomic mass is 9.98. The maximum absolute atomic E-state index is 12.0. The van der Waals surface area contributed by atoms with E-state index in [0.29, 0.717) is 12.2 Å². The molecule has 0 aliphatic carbocycles. The molecule has 0 fully saturated rings. The van der Waals surface area contributed by atoms with Crippen molar-refractivity contribution in [1.82, 2.24) is 0 Å². The third-order valence-electron chi connectivity index (χ3n) is 3.19. The van der Waals surface area contributed by atoms with Gasteiger partial charge in [0.05, 0.1) is 0 Å². The van der Waals surface area contributed by atoms with Crippen LogP contribution in [0.15, 0.2) is 18.2 Å². The Morgan fingerprint density at radius 2 is 1.76 bits per heavy atom. The Kier molecular flexibility index (Phi) is 5.96. The van der Waals surface area contributed by atoms with Crippen LogP contribution in [0.4, 0.5) is 0 Å². The number of carbonyl (C=O) groups excluding carboxylic acids is 1. The first-order valence-corrected chi connectivity index (χ1v) is 6.75. The lowest BCUT2D eigenvalue weighted by Gasteiger charge is -2.06. The molecule has 0 unspecified atom stereocenters. The highest BCUT2D eigenvalue weighted by Crippen LogP contribution is 2.15. The molecule has 1 nitrogen and oxygen atoms in total. The first kappa shape index (κ1) is 14.0. The summed E-state index contributed by atoms with van der Waals surface area (Å²) in [7, 11) is 0. The van der Waals surface area contributed by atoms with E-state index in [1.54, 1.807) is 0 Å². The third-order valence-corrected chi connectivity index (χ3v) is 3.19. The average Bonchev–Trinajstić information content (AvgIpc) is 2.28. The number of carbonyl (C=O) groups is 1. The van der Waals surface area contributed by atoms with Gasteiger partial charge in [-0.1, -0.05) is 56.4 Å².